The molecule has 0 aliphatic carbocycles. The van der Waals surface area contributed by atoms with E-state index in [-0.39, 0.29) is 18.2 Å². The van der Waals surface area contributed by atoms with Crippen molar-refractivity contribution in [1.29, 1.82) is 0 Å². The molecule has 2 heterocycles. The van der Waals surface area contributed by atoms with Gasteiger partial charge in [0, 0.05) is 44.2 Å². The van der Waals surface area contributed by atoms with Crippen molar-refractivity contribution in [3.05, 3.63) is 71.9 Å². The average Bonchev–Trinajstić information content (AvgIpc) is 2.97. The van der Waals surface area contributed by atoms with Gasteiger partial charge in [-0.25, -0.2) is 9.37 Å². The van der Waals surface area contributed by atoms with Crippen molar-refractivity contribution < 1.29 is 9.13 Å². The number of halogens is 2. The van der Waals surface area contributed by atoms with Crippen LogP contribution in [0.4, 0.5) is 4.39 Å². The van der Waals surface area contributed by atoms with E-state index in [1.54, 1.807) is 29.1 Å². The second-order valence-electron chi connectivity index (χ2n) is 5.19. The monoisotopic (exact) mass is 348 g/mol. The molecular formula is C17H18ClFN4O. The summed E-state index contributed by atoms with van der Waals surface area (Å²) < 4.78 is 20.2. The van der Waals surface area contributed by atoms with Gasteiger partial charge in [0.15, 0.2) is 0 Å². The average molecular weight is 349 g/mol. The molecule has 5 nitrogen and oxygen atoms in total. The Labute approximate surface area is 145 Å². The van der Waals surface area contributed by atoms with Crippen LogP contribution >= 0.6 is 12.4 Å². The molecule has 0 fully saturated rings. The van der Waals surface area contributed by atoms with E-state index in [2.05, 4.69) is 15.4 Å². The Morgan fingerprint density at radius 3 is 2.42 bits per heavy atom. The lowest BCUT2D eigenvalue weighted by Gasteiger charge is -2.06. The maximum absolute atomic E-state index is 12.8. The molecule has 1 N–H and O–H groups in total. The van der Waals surface area contributed by atoms with Crippen molar-refractivity contribution in [2.24, 2.45) is 7.05 Å². The molecule has 24 heavy (non-hydrogen) atoms. The standard InChI is InChI=1S/C17H17FN4O.ClH/c1-22-12-14(11-21-22)9-19-8-13-2-7-17(20-10-13)23-16-5-3-15(18)4-6-16;/h2-7,10-12,19H,8-9H2,1H3;1H. The first-order chi connectivity index (χ1) is 11.2. The highest BCUT2D eigenvalue weighted by molar-refractivity contribution is 5.85. The van der Waals surface area contributed by atoms with Crippen LogP contribution in [0.15, 0.2) is 55.0 Å². The molecule has 3 aromatic rings. The first kappa shape index (κ1) is 17.9. The lowest BCUT2D eigenvalue weighted by atomic mass is 10.2. The number of pyridine rings is 1. The van der Waals surface area contributed by atoms with E-state index in [0.717, 1.165) is 17.7 Å². The fourth-order valence-corrected chi connectivity index (χ4v) is 2.11. The number of benzene rings is 1. The normalized spacial score (nSPS) is 10.2. The Bertz CT molecular complexity index is 759. The zero-order valence-electron chi connectivity index (χ0n) is 13.1. The molecule has 0 radical (unpaired) electrons. The second-order valence-corrected chi connectivity index (χ2v) is 5.19. The number of aromatic nitrogens is 3. The first-order valence-corrected chi connectivity index (χ1v) is 7.25. The Kier molecular flexibility index (Phi) is 6.28. The maximum atomic E-state index is 12.8. The van der Waals surface area contributed by atoms with Gasteiger partial charge in [-0.2, -0.15) is 5.10 Å². The summed E-state index contributed by atoms with van der Waals surface area (Å²) in [5.74, 6) is 0.745. The summed E-state index contributed by atoms with van der Waals surface area (Å²) in [5, 5.41) is 7.45. The highest BCUT2D eigenvalue weighted by Gasteiger charge is 2.01. The van der Waals surface area contributed by atoms with Crippen molar-refractivity contribution in [1.82, 2.24) is 20.1 Å². The van der Waals surface area contributed by atoms with Crippen LogP contribution in [-0.2, 0) is 20.1 Å². The van der Waals surface area contributed by atoms with Crippen LogP contribution in [0, 0.1) is 5.82 Å². The lowest BCUT2D eigenvalue weighted by molar-refractivity contribution is 0.460. The number of aryl methyl sites for hydroxylation is 1. The van der Waals surface area contributed by atoms with Crippen molar-refractivity contribution in [2.45, 2.75) is 13.1 Å². The molecule has 7 heteroatoms. The summed E-state index contributed by atoms with van der Waals surface area (Å²) in [6.07, 6.45) is 5.57. The minimum absolute atomic E-state index is 0. The Morgan fingerprint density at radius 1 is 1.04 bits per heavy atom. The zero-order valence-corrected chi connectivity index (χ0v) is 14.0. The third-order valence-electron chi connectivity index (χ3n) is 3.25. The van der Waals surface area contributed by atoms with Crippen LogP contribution in [-0.4, -0.2) is 14.8 Å². The van der Waals surface area contributed by atoms with Gasteiger partial charge in [0.25, 0.3) is 0 Å². The molecule has 0 unspecified atom stereocenters. The van der Waals surface area contributed by atoms with E-state index in [1.165, 1.54) is 12.1 Å². The van der Waals surface area contributed by atoms with Crippen molar-refractivity contribution in [3.63, 3.8) is 0 Å². The third-order valence-corrected chi connectivity index (χ3v) is 3.25. The predicted molar refractivity (Wildman–Crippen MR) is 91.7 cm³/mol. The fraction of sp³-hybridized carbons (Fsp3) is 0.176. The summed E-state index contributed by atoms with van der Waals surface area (Å²) in [7, 11) is 1.90. The highest BCUT2D eigenvalue weighted by Crippen LogP contribution is 2.19. The van der Waals surface area contributed by atoms with Crippen molar-refractivity contribution in [2.75, 3.05) is 0 Å². The molecule has 3 rings (SSSR count). The summed E-state index contributed by atoms with van der Waals surface area (Å²) in [4.78, 5) is 4.25. The van der Waals surface area contributed by atoms with E-state index in [0.29, 0.717) is 18.2 Å². The molecule has 0 atom stereocenters. The number of hydrogen-bond donors (Lipinski definition) is 1. The van der Waals surface area contributed by atoms with Gasteiger partial charge in [-0.05, 0) is 29.8 Å². The molecule has 0 bridgehead atoms. The summed E-state index contributed by atoms with van der Waals surface area (Å²) in [6, 6.07) is 9.59. The molecule has 2 aromatic heterocycles. The number of ether oxygens (including phenoxy) is 1. The quantitative estimate of drug-likeness (QED) is 0.741. The summed E-state index contributed by atoms with van der Waals surface area (Å²) in [5.41, 5.74) is 2.19. The Morgan fingerprint density at radius 2 is 1.79 bits per heavy atom. The van der Waals surface area contributed by atoms with Crippen molar-refractivity contribution in [3.8, 4) is 11.6 Å². The lowest BCUT2D eigenvalue weighted by Crippen LogP contribution is -2.12. The second kappa shape index (κ2) is 8.42. The Balaban J connectivity index is 0.00000208. The minimum Gasteiger partial charge on any atom is -0.439 e. The van der Waals surface area contributed by atoms with Gasteiger partial charge in [0.05, 0.1) is 6.20 Å². The van der Waals surface area contributed by atoms with Crippen molar-refractivity contribution >= 4 is 12.4 Å². The van der Waals surface area contributed by atoms with Gasteiger partial charge in [0.1, 0.15) is 11.6 Å². The van der Waals surface area contributed by atoms with Crippen LogP contribution in [0.5, 0.6) is 11.6 Å². The van der Waals surface area contributed by atoms with Gasteiger partial charge in [-0.15, -0.1) is 12.4 Å². The SMILES string of the molecule is Cl.Cn1cc(CNCc2ccc(Oc3ccc(F)cc3)nc2)cn1. The Hall–Kier alpha value is -2.44. The highest BCUT2D eigenvalue weighted by atomic mass is 35.5. The van der Waals surface area contributed by atoms with E-state index >= 15 is 0 Å². The predicted octanol–water partition coefficient (Wildman–Crippen LogP) is 3.46. The van der Waals surface area contributed by atoms with Crippen LogP contribution in [0.25, 0.3) is 0 Å². The summed E-state index contributed by atoms with van der Waals surface area (Å²) >= 11 is 0. The van der Waals surface area contributed by atoms with E-state index in [1.807, 2.05) is 25.5 Å². The minimum atomic E-state index is -0.291. The number of nitrogens with zero attached hydrogens (tertiary/aromatic N) is 3. The van der Waals surface area contributed by atoms with Gasteiger partial charge in [-0.1, -0.05) is 6.07 Å². The van der Waals surface area contributed by atoms with Gasteiger partial charge < -0.3 is 10.1 Å². The van der Waals surface area contributed by atoms with Gasteiger partial charge >= 0.3 is 0 Å². The zero-order chi connectivity index (χ0) is 16.1. The molecule has 0 amide bonds. The molecule has 0 aliphatic heterocycles. The smallest absolute Gasteiger partial charge is 0.219 e. The number of rotatable bonds is 6. The first-order valence-electron chi connectivity index (χ1n) is 7.25. The van der Waals surface area contributed by atoms with Crippen LogP contribution in [0.3, 0.4) is 0 Å². The van der Waals surface area contributed by atoms with Gasteiger partial charge in [-0.3, -0.25) is 4.68 Å². The van der Waals surface area contributed by atoms with Gasteiger partial charge in [0.2, 0.25) is 5.88 Å². The largest absolute Gasteiger partial charge is 0.439 e. The number of hydrogen-bond acceptors (Lipinski definition) is 4. The molecule has 0 saturated carbocycles. The topological polar surface area (TPSA) is 52.0 Å². The molecule has 0 aliphatic rings. The molecular weight excluding hydrogens is 331 g/mol. The fourth-order valence-electron chi connectivity index (χ4n) is 2.11. The molecule has 0 spiro atoms. The van der Waals surface area contributed by atoms with Crippen LogP contribution in [0.1, 0.15) is 11.1 Å². The van der Waals surface area contributed by atoms with Crippen LogP contribution in [0.2, 0.25) is 0 Å². The molecule has 1 aromatic carbocycles. The maximum Gasteiger partial charge on any atom is 0.219 e. The summed E-state index contributed by atoms with van der Waals surface area (Å²) in [6.45, 7) is 1.46. The van der Waals surface area contributed by atoms with E-state index in [9.17, 15) is 4.39 Å². The van der Waals surface area contributed by atoms with E-state index < -0.39 is 0 Å². The van der Waals surface area contributed by atoms with Crippen LogP contribution < -0.4 is 10.1 Å². The molecule has 126 valence electrons. The number of nitrogens with one attached hydrogen (secondary N) is 1. The van der Waals surface area contributed by atoms with E-state index in [4.69, 9.17) is 4.74 Å². The molecule has 0 saturated heterocycles. The third kappa shape index (κ3) is 5.04.